The van der Waals surface area contributed by atoms with Gasteiger partial charge in [0.2, 0.25) is 5.91 Å². The summed E-state index contributed by atoms with van der Waals surface area (Å²) in [6.45, 7) is 3.32. The van der Waals surface area contributed by atoms with Crippen LogP contribution in [0.15, 0.2) is 30.3 Å². The van der Waals surface area contributed by atoms with E-state index in [2.05, 4.69) is 10.2 Å². The van der Waals surface area contributed by atoms with Gasteiger partial charge in [0.25, 0.3) is 0 Å². The number of anilines is 1. The Balaban J connectivity index is 2.84. The van der Waals surface area contributed by atoms with Crippen molar-refractivity contribution < 1.29 is 4.79 Å². The van der Waals surface area contributed by atoms with E-state index in [1.165, 1.54) is 0 Å². The average Bonchev–Trinajstić information content (AvgIpc) is 2.39. The molecule has 1 aromatic carbocycles. The Morgan fingerprint density at radius 3 is 2.59 bits per heavy atom. The minimum absolute atomic E-state index is 0.0193. The molecule has 17 heavy (non-hydrogen) atoms. The Hall–Kier alpha value is -1.55. The van der Waals surface area contributed by atoms with Crippen LogP contribution in [0.4, 0.5) is 5.69 Å². The molecule has 0 radical (unpaired) electrons. The Morgan fingerprint density at radius 2 is 2.06 bits per heavy atom. The Morgan fingerprint density at radius 1 is 1.41 bits per heavy atom. The van der Waals surface area contributed by atoms with Gasteiger partial charge in [-0.15, -0.1) is 0 Å². The fraction of sp³-hybridized carbons (Fsp3) is 0.462. The maximum atomic E-state index is 11.7. The molecule has 0 aliphatic carbocycles. The number of nitrogens with zero attached hydrogens (tertiary/aromatic N) is 1. The molecule has 0 aliphatic rings. The van der Waals surface area contributed by atoms with Crippen LogP contribution in [0.3, 0.4) is 0 Å². The van der Waals surface area contributed by atoms with E-state index in [0.717, 1.165) is 18.7 Å². The van der Waals surface area contributed by atoms with Crippen molar-refractivity contribution in [1.82, 2.24) is 5.32 Å². The lowest BCUT2D eigenvalue weighted by molar-refractivity contribution is -0.121. The van der Waals surface area contributed by atoms with Gasteiger partial charge < -0.3 is 16.0 Å². The molecule has 94 valence electrons. The number of nitrogens with two attached hydrogens (primary N) is 1. The third-order valence-corrected chi connectivity index (χ3v) is 2.78. The number of carbonyl (C=O) groups is 1. The Labute approximate surface area is 103 Å². The van der Waals surface area contributed by atoms with Crippen LogP contribution in [0.25, 0.3) is 0 Å². The molecular formula is C13H21N3O. The molecule has 0 spiro atoms. The molecule has 0 aliphatic heterocycles. The summed E-state index contributed by atoms with van der Waals surface area (Å²) < 4.78 is 0. The zero-order valence-electron chi connectivity index (χ0n) is 10.5. The van der Waals surface area contributed by atoms with Crippen molar-refractivity contribution in [2.24, 2.45) is 5.73 Å². The second kappa shape index (κ2) is 6.91. The van der Waals surface area contributed by atoms with Crippen LogP contribution in [-0.2, 0) is 4.79 Å². The van der Waals surface area contributed by atoms with E-state index >= 15 is 0 Å². The summed E-state index contributed by atoms with van der Waals surface area (Å²) in [7, 11) is 1.66. The summed E-state index contributed by atoms with van der Waals surface area (Å²) in [5.41, 5.74) is 6.59. The standard InChI is InChI=1S/C13H21N3O/c1-11(13(17)15-2)16(10-6-9-14)12-7-4-3-5-8-12/h3-5,7-8,11H,6,9-10,14H2,1-2H3,(H,15,17). The first-order valence-electron chi connectivity index (χ1n) is 5.94. The number of hydrogen-bond acceptors (Lipinski definition) is 3. The highest BCUT2D eigenvalue weighted by atomic mass is 16.2. The first-order chi connectivity index (χ1) is 8.20. The topological polar surface area (TPSA) is 58.4 Å². The van der Waals surface area contributed by atoms with Crippen molar-refractivity contribution in [1.29, 1.82) is 0 Å². The molecule has 3 N–H and O–H groups in total. The van der Waals surface area contributed by atoms with E-state index in [0.29, 0.717) is 6.54 Å². The molecule has 0 saturated heterocycles. The number of hydrogen-bond donors (Lipinski definition) is 2. The summed E-state index contributed by atoms with van der Waals surface area (Å²) in [5.74, 6) is 0.0193. The molecule has 1 unspecified atom stereocenters. The molecule has 4 heteroatoms. The lowest BCUT2D eigenvalue weighted by atomic mass is 10.2. The van der Waals surface area contributed by atoms with Gasteiger partial charge in [0, 0.05) is 19.3 Å². The van der Waals surface area contributed by atoms with Crippen LogP contribution in [0.2, 0.25) is 0 Å². The molecule has 1 atom stereocenters. The molecule has 0 heterocycles. The Bertz CT molecular complexity index is 340. The van der Waals surface area contributed by atoms with Gasteiger partial charge in [0.15, 0.2) is 0 Å². The van der Waals surface area contributed by atoms with Crippen molar-refractivity contribution in [2.75, 3.05) is 25.0 Å². The van der Waals surface area contributed by atoms with Crippen LogP contribution < -0.4 is 16.0 Å². The average molecular weight is 235 g/mol. The first kappa shape index (κ1) is 13.5. The van der Waals surface area contributed by atoms with Crippen molar-refractivity contribution in [3.8, 4) is 0 Å². The lowest BCUT2D eigenvalue weighted by Crippen LogP contribution is -2.45. The van der Waals surface area contributed by atoms with E-state index in [4.69, 9.17) is 5.73 Å². The summed E-state index contributed by atoms with van der Waals surface area (Å²) in [5, 5.41) is 2.68. The van der Waals surface area contributed by atoms with E-state index in [1.807, 2.05) is 37.3 Å². The maximum absolute atomic E-state index is 11.7. The monoisotopic (exact) mass is 235 g/mol. The van der Waals surface area contributed by atoms with Crippen LogP contribution >= 0.6 is 0 Å². The van der Waals surface area contributed by atoms with Gasteiger partial charge in [-0.2, -0.15) is 0 Å². The van der Waals surface area contributed by atoms with Gasteiger partial charge >= 0.3 is 0 Å². The third kappa shape index (κ3) is 3.75. The van der Waals surface area contributed by atoms with Gasteiger partial charge in [0.1, 0.15) is 6.04 Å². The van der Waals surface area contributed by atoms with E-state index in [9.17, 15) is 4.79 Å². The second-order valence-electron chi connectivity index (χ2n) is 3.96. The van der Waals surface area contributed by atoms with Gasteiger partial charge in [-0.3, -0.25) is 4.79 Å². The summed E-state index contributed by atoms with van der Waals surface area (Å²) in [6, 6.07) is 9.75. The second-order valence-corrected chi connectivity index (χ2v) is 3.96. The summed E-state index contributed by atoms with van der Waals surface area (Å²) >= 11 is 0. The molecule has 0 fully saturated rings. The van der Waals surface area contributed by atoms with Gasteiger partial charge in [-0.1, -0.05) is 18.2 Å². The predicted octanol–water partition coefficient (Wildman–Crippen LogP) is 0.976. The number of carbonyl (C=O) groups excluding carboxylic acids is 1. The summed E-state index contributed by atoms with van der Waals surface area (Å²) in [6.07, 6.45) is 0.871. The van der Waals surface area contributed by atoms with E-state index < -0.39 is 0 Å². The minimum atomic E-state index is -0.186. The number of para-hydroxylation sites is 1. The molecule has 1 aromatic rings. The van der Waals surface area contributed by atoms with E-state index in [1.54, 1.807) is 7.05 Å². The smallest absolute Gasteiger partial charge is 0.242 e. The fourth-order valence-electron chi connectivity index (χ4n) is 1.78. The van der Waals surface area contributed by atoms with Crippen LogP contribution in [0.5, 0.6) is 0 Å². The number of benzene rings is 1. The van der Waals surface area contributed by atoms with Crippen molar-refractivity contribution in [3.05, 3.63) is 30.3 Å². The predicted molar refractivity (Wildman–Crippen MR) is 71.0 cm³/mol. The van der Waals surface area contributed by atoms with E-state index in [-0.39, 0.29) is 11.9 Å². The lowest BCUT2D eigenvalue weighted by Gasteiger charge is -2.30. The fourth-order valence-corrected chi connectivity index (χ4v) is 1.78. The van der Waals surface area contributed by atoms with Crippen molar-refractivity contribution in [2.45, 2.75) is 19.4 Å². The molecule has 4 nitrogen and oxygen atoms in total. The minimum Gasteiger partial charge on any atom is -0.360 e. The quantitative estimate of drug-likeness (QED) is 0.772. The summed E-state index contributed by atoms with van der Waals surface area (Å²) in [4.78, 5) is 13.8. The first-order valence-corrected chi connectivity index (χ1v) is 5.94. The molecule has 0 saturated carbocycles. The maximum Gasteiger partial charge on any atom is 0.242 e. The number of rotatable bonds is 6. The normalized spacial score (nSPS) is 11.9. The molecule has 1 amide bonds. The van der Waals surface area contributed by atoms with Gasteiger partial charge in [-0.05, 0) is 32.0 Å². The molecule has 0 aromatic heterocycles. The van der Waals surface area contributed by atoms with Gasteiger partial charge in [-0.25, -0.2) is 0 Å². The molecule has 1 rings (SSSR count). The van der Waals surface area contributed by atoms with Crippen molar-refractivity contribution >= 4 is 11.6 Å². The third-order valence-electron chi connectivity index (χ3n) is 2.78. The van der Waals surface area contributed by atoms with Crippen LogP contribution in [-0.4, -0.2) is 32.1 Å². The SMILES string of the molecule is CNC(=O)C(C)N(CCCN)c1ccccc1. The Kier molecular flexibility index (Phi) is 5.49. The molecular weight excluding hydrogens is 214 g/mol. The largest absolute Gasteiger partial charge is 0.360 e. The van der Waals surface area contributed by atoms with Crippen molar-refractivity contribution in [3.63, 3.8) is 0 Å². The zero-order chi connectivity index (χ0) is 12.7. The number of likely N-dealkylation sites (N-methyl/N-ethyl adjacent to an activating group) is 1. The zero-order valence-corrected chi connectivity index (χ0v) is 10.5. The van der Waals surface area contributed by atoms with Crippen LogP contribution in [0, 0.1) is 0 Å². The highest BCUT2D eigenvalue weighted by Gasteiger charge is 2.19. The number of nitrogens with one attached hydrogen (secondary N) is 1. The highest BCUT2D eigenvalue weighted by molar-refractivity contribution is 5.84. The van der Waals surface area contributed by atoms with Gasteiger partial charge in [0.05, 0.1) is 0 Å². The number of amides is 1. The van der Waals surface area contributed by atoms with Crippen LogP contribution in [0.1, 0.15) is 13.3 Å². The highest BCUT2D eigenvalue weighted by Crippen LogP contribution is 2.16. The molecule has 0 bridgehead atoms.